The second-order valence-electron chi connectivity index (χ2n) is 3.94. The van der Waals surface area contributed by atoms with Crippen LogP contribution in [0.4, 0.5) is 4.39 Å². The molecule has 0 heterocycles. The third-order valence-electron chi connectivity index (χ3n) is 2.48. The minimum absolute atomic E-state index is 0.145. The molecule has 1 aromatic rings. The SMILES string of the molecule is Cc1cc(CNC(C)CCN)ccc1F. The molecule has 0 aromatic heterocycles. The molecule has 0 saturated carbocycles. The maximum absolute atomic E-state index is 13.0. The molecule has 0 aliphatic heterocycles. The molecule has 1 aromatic carbocycles. The van der Waals surface area contributed by atoms with E-state index < -0.39 is 0 Å². The van der Waals surface area contributed by atoms with Gasteiger partial charge < -0.3 is 11.1 Å². The molecule has 0 radical (unpaired) electrons. The summed E-state index contributed by atoms with van der Waals surface area (Å²) in [5, 5.41) is 3.34. The molecule has 0 spiro atoms. The van der Waals surface area contributed by atoms with Crippen LogP contribution in [0, 0.1) is 12.7 Å². The van der Waals surface area contributed by atoms with Crippen LogP contribution in [-0.2, 0) is 6.54 Å². The van der Waals surface area contributed by atoms with Gasteiger partial charge in [0.2, 0.25) is 0 Å². The smallest absolute Gasteiger partial charge is 0.126 e. The Morgan fingerprint density at radius 2 is 2.20 bits per heavy atom. The largest absolute Gasteiger partial charge is 0.330 e. The zero-order valence-electron chi connectivity index (χ0n) is 9.39. The standard InChI is InChI=1S/C12H19FN2/c1-9-7-11(3-4-12(9)13)8-15-10(2)5-6-14/h3-4,7,10,15H,5-6,8,14H2,1-2H3. The highest BCUT2D eigenvalue weighted by Gasteiger charge is 2.02. The zero-order valence-corrected chi connectivity index (χ0v) is 9.39. The second-order valence-corrected chi connectivity index (χ2v) is 3.94. The van der Waals surface area contributed by atoms with E-state index in [1.165, 1.54) is 6.07 Å². The topological polar surface area (TPSA) is 38.0 Å². The zero-order chi connectivity index (χ0) is 11.3. The van der Waals surface area contributed by atoms with Crippen LogP contribution < -0.4 is 11.1 Å². The van der Waals surface area contributed by atoms with Crippen molar-refractivity contribution in [2.24, 2.45) is 5.73 Å². The predicted octanol–water partition coefficient (Wildman–Crippen LogP) is 1.96. The molecule has 0 bridgehead atoms. The highest BCUT2D eigenvalue weighted by atomic mass is 19.1. The summed E-state index contributed by atoms with van der Waals surface area (Å²) in [7, 11) is 0. The Kier molecular flexibility index (Phi) is 4.72. The molecule has 0 aliphatic carbocycles. The van der Waals surface area contributed by atoms with Gasteiger partial charge in [0.25, 0.3) is 0 Å². The fourth-order valence-corrected chi connectivity index (χ4v) is 1.46. The quantitative estimate of drug-likeness (QED) is 0.779. The average Bonchev–Trinajstić information content (AvgIpc) is 2.20. The van der Waals surface area contributed by atoms with Gasteiger partial charge in [0.15, 0.2) is 0 Å². The van der Waals surface area contributed by atoms with Gasteiger partial charge in [-0.3, -0.25) is 0 Å². The van der Waals surface area contributed by atoms with Gasteiger partial charge in [-0.25, -0.2) is 4.39 Å². The molecule has 3 heteroatoms. The summed E-state index contributed by atoms with van der Waals surface area (Å²) in [5.74, 6) is -0.145. The summed E-state index contributed by atoms with van der Waals surface area (Å²) < 4.78 is 13.0. The Hall–Kier alpha value is -0.930. The van der Waals surface area contributed by atoms with Gasteiger partial charge in [-0.1, -0.05) is 12.1 Å². The lowest BCUT2D eigenvalue weighted by Crippen LogP contribution is -2.27. The second kappa shape index (κ2) is 5.83. The van der Waals surface area contributed by atoms with Gasteiger partial charge in [0, 0.05) is 12.6 Å². The number of hydrogen-bond acceptors (Lipinski definition) is 2. The van der Waals surface area contributed by atoms with Gasteiger partial charge in [0.05, 0.1) is 0 Å². The van der Waals surface area contributed by atoms with E-state index in [9.17, 15) is 4.39 Å². The summed E-state index contributed by atoms with van der Waals surface area (Å²) in [4.78, 5) is 0. The molecule has 84 valence electrons. The fourth-order valence-electron chi connectivity index (χ4n) is 1.46. The Bertz CT molecular complexity index is 312. The summed E-state index contributed by atoms with van der Waals surface area (Å²) in [5.41, 5.74) is 7.26. The third-order valence-corrected chi connectivity index (χ3v) is 2.48. The maximum Gasteiger partial charge on any atom is 0.126 e. The molecule has 3 N–H and O–H groups in total. The van der Waals surface area contributed by atoms with Crippen LogP contribution in [0.5, 0.6) is 0 Å². The van der Waals surface area contributed by atoms with E-state index in [-0.39, 0.29) is 5.82 Å². The van der Waals surface area contributed by atoms with Crippen molar-refractivity contribution in [2.75, 3.05) is 6.54 Å². The molecule has 1 rings (SSSR count). The number of hydrogen-bond donors (Lipinski definition) is 2. The Balaban J connectivity index is 2.47. The number of rotatable bonds is 5. The van der Waals surface area contributed by atoms with Crippen LogP contribution in [0.3, 0.4) is 0 Å². The first-order chi connectivity index (χ1) is 7.13. The van der Waals surface area contributed by atoms with Crippen LogP contribution in [0.25, 0.3) is 0 Å². The van der Waals surface area contributed by atoms with E-state index in [1.807, 2.05) is 12.1 Å². The van der Waals surface area contributed by atoms with Gasteiger partial charge >= 0.3 is 0 Å². The highest BCUT2D eigenvalue weighted by molar-refractivity contribution is 5.23. The Labute approximate surface area is 90.7 Å². The predicted molar refractivity (Wildman–Crippen MR) is 61.1 cm³/mol. The first-order valence-corrected chi connectivity index (χ1v) is 5.32. The molecule has 1 unspecified atom stereocenters. The molecule has 0 saturated heterocycles. The molecular weight excluding hydrogens is 191 g/mol. The van der Waals surface area contributed by atoms with E-state index in [0.717, 1.165) is 18.5 Å². The van der Waals surface area contributed by atoms with Crippen molar-refractivity contribution >= 4 is 0 Å². The van der Waals surface area contributed by atoms with E-state index in [0.29, 0.717) is 18.2 Å². The molecule has 0 amide bonds. The number of benzene rings is 1. The lowest BCUT2D eigenvalue weighted by atomic mass is 10.1. The number of aryl methyl sites for hydroxylation is 1. The van der Waals surface area contributed by atoms with Crippen molar-refractivity contribution in [3.8, 4) is 0 Å². The Morgan fingerprint density at radius 3 is 2.80 bits per heavy atom. The van der Waals surface area contributed by atoms with Crippen molar-refractivity contribution in [3.63, 3.8) is 0 Å². The lowest BCUT2D eigenvalue weighted by Gasteiger charge is -2.12. The molecule has 0 aliphatic rings. The monoisotopic (exact) mass is 210 g/mol. The Morgan fingerprint density at radius 1 is 1.47 bits per heavy atom. The summed E-state index contributed by atoms with van der Waals surface area (Å²) >= 11 is 0. The minimum Gasteiger partial charge on any atom is -0.330 e. The van der Waals surface area contributed by atoms with Crippen LogP contribution in [0.1, 0.15) is 24.5 Å². The maximum atomic E-state index is 13.0. The van der Waals surface area contributed by atoms with Gasteiger partial charge in [0.1, 0.15) is 5.82 Å². The van der Waals surface area contributed by atoms with Gasteiger partial charge in [-0.2, -0.15) is 0 Å². The van der Waals surface area contributed by atoms with Crippen molar-refractivity contribution in [3.05, 3.63) is 35.1 Å². The van der Waals surface area contributed by atoms with Gasteiger partial charge in [-0.15, -0.1) is 0 Å². The van der Waals surface area contributed by atoms with Crippen LogP contribution in [-0.4, -0.2) is 12.6 Å². The molecule has 2 nitrogen and oxygen atoms in total. The summed E-state index contributed by atoms with van der Waals surface area (Å²) in [6.45, 7) is 5.34. The van der Waals surface area contributed by atoms with Crippen molar-refractivity contribution < 1.29 is 4.39 Å². The van der Waals surface area contributed by atoms with E-state index >= 15 is 0 Å². The number of nitrogens with two attached hydrogens (primary N) is 1. The molecule has 15 heavy (non-hydrogen) atoms. The van der Waals surface area contributed by atoms with Crippen LogP contribution in [0.15, 0.2) is 18.2 Å². The van der Waals surface area contributed by atoms with Crippen LogP contribution >= 0.6 is 0 Å². The molecular formula is C12H19FN2. The normalized spacial score (nSPS) is 12.8. The van der Waals surface area contributed by atoms with Crippen molar-refractivity contribution in [1.29, 1.82) is 0 Å². The van der Waals surface area contributed by atoms with E-state index in [4.69, 9.17) is 5.73 Å². The number of nitrogens with one attached hydrogen (secondary N) is 1. The van der Waals surface area contributed by atoms with E-state index in [1.54, 1.807) is 6.92 Å². The average molecular weight is 210 g/mol. The van der Waals surface area contributed by atoms with Crippen molar-refractivity contribution in [2.45, 2.75) is 32.9 Å². The minimum atomic E-state index is -0.145. The van der Waals surface area contributed by atoms with Crippen molar-refractivity contribution in [1.82, 2.24) is 5.32 Å². The van der Waals surface area contributed by atoms with E-state index in [2.05, 4.69) is 12.2 Å². The first kappa shape index (κ1) is 12.1. The van der Waals surface area contributed by atoms with Crippen LogP contribution in [0.2, 0.25) is 0 Å². The summed E-state index contributed by atoms with van der Waals surface area (Å²) in [6, 6.07) is 5.60. The summed E-state index contributed by atoms with van der Waals surface area (Å²) in [6.07, 6.45) is 0.959. The molecule has 1 atom stereocenters. The molecule has 0 fully saturated rings. The highest BCUT2D eigenvalue weighted by Crippen LogP contribution is 2.09. The number of halogens is 1. The third kappa shape index (κ3) is 3.98. The van der Waals surface area contributed by atoms with Gasteiger partial charge in [-0.05, 0) is 44.0 Å². The first-order valence-electron chi connectivity index (χ1n) is 5.32. The fraction of sp³-hybridized carbons (Fsp3) is 0.500. The lowest BCUT2D eigenvalue weighted by molar-refractivity contribution is 0.519.